The zero-order valence-electron chi connectivity index (χ0n) is 25.8. The molecule has 44 heavy (non-hydrogen) atoms. The van der Waals surface area contributed by atoms with E-state index >= 15 is 0 Å². The number of ether oxygens (including phenoxy) is 2. The average Bonchev–Trinajstić information content (AvgIpc) is 2.98. The Morgan fingerprint density at radius 3 is 2.23 bits per heavy atom. The van der Waals surface area contributed by atoms with Crippen LogP contribution in [0, 0.1) is 0 Å². The van der Waals surface area contributed by atoms with E-state index < -0.39 is 78.5 Å². The normalized spacial score (nSPS) is 25.1. The molecule has 1 amide bonds. The van der Waals surface area contributed by atoms with Crippen LogP contribution in [0.5, 0.6) is 0 Å². The van der Waals surface area contributed by atoms with E-state index in [1.807, 2.05) is 18.2 Å². The van der Waals surface area contributed by atoms with E-state index in [0.717, 1.165) is 44.9 Å². The Labute approximate surface area is 261 Å². The van der Waals surface area contributed by atoms with Crippen LogP contribution in [0.1, 0.15) is 84.5 Å². The number of aliphatic hydroxyl groups excluding tert-OH is 5. The fourth-order valence-electron chi connectivity index (χ4n) is 4.42. The van der Waals surface area contributed by atoms with Crippen molar-refractivity contribution < 1.29 is 57.0 Å². The molecule has 1 aliphatic rings. The Hall–Kier alpha value is -1.72. The van der Waals surface area contributed by atoms with Gasteiger partial charge in [0, 0.05) is 0 Å². The van der Waals surface area contributed by atoms with Gasteiger partial charge in [-0.25, -0.2) is 4.18 Å². The van der Waals surface area contributed by atoms with E-state index in [-0.39, 0.29) is 6.42 Å². The fourth-order valence-corrected chi connectivity index (χ4v) is 4.93. The smallest absolute Gasteiger partial charge is 0.394 e. The van der Waals surface area contributed by atoms with Gasteiger partial charge in [0.15, 0.2) is 6.29 Å². The molecule has 1 heterocycles. The summed E-state index contributed by atoms with van der Waals surface area (Å²) in [5.74, 6) is -0.758. The molecule has 0 radical (unpaired) electrons. The minimum absolute atomic E-state index is 0.149. The number of carbonyl (C=O) groups is 1. The van der Waals surface area contributed by atoms with Gasteiger partial charge in [0.1, 0.15) is 30.5 Å². The van der Waals surface area contributed by atoms with Crippen molar-refractivity contribution in [1.29, 1.82) is 0 Å². The first-order valence-electron chi connectivity index (χ1n) is 15.5. The summed E-state index contributed by atoms with van der Waals surface area (Å²) in [7, 11) is -5.11. The number of rotatable bonds is 23. The summed E-state index contributed by atoms with van der Waals surface area (Å²) < 4.78 is 46.8. The van der Waals surface area contributed by atoms with Crippen molar-refractivity contribution in [2.75, 3.05) is 13.2 Å². The Morgan fingerprint density at radius 1 is 0.909 bits per heavy atom. The molecular formula is C30H53NO12S. The molecule has 8 unspecified atom stereocenters. The predicted octanol–water partition coefficient (Wildman–Crippen LogP) is 1.84. The minimum atomic E-state index is -5.11. The number of carbonyl (C=O) groups excluding carboxylic acids is 1. The molecule has 0 aromatic rings. The number of amides is 1. The lowest BCUT2D eigenvalue weighted by atomic mass is 9.99. The lowest BCUT2D eigenvalue weighted by molar-refractivity contribution is -0.298. The second kappa shape index (κ2) is 22.7. The molecule has 256 valence electrons. The van der Waals surface area contributed by atoms with Gasteiger partial charge in [-0.15, -0.1) is 0 Å². The highest BCUT2D eigenvalue weighted by atomic mass is 32.3. The molecule has 0 aromatic heterocycles. The molecule has 0 bridgehead atoms. The van der Waals surface area contributed by atoms with Gasteiger partial charge >= 0.3 is 10.4 Å². The first kappa shape index (κ1) is 40.3. The molecule has 7 N–H and O–H groups in total. The van der Waals surface area contributed by atoms with Crippen molar-refractivity contribution in [3.8, 4) is 0 Å². The molecule has 0 aromatic carbocycles. The number of unbranched alkanes of at least 4 members (excludes halogenated alkanes) is 6. The standard InChI is InChI=1S/C30H53NO12S/c1-3-5-7-9-11-13-15-17-19-24(34)29(37)31-22(23(33)18-16-14-12-10-8-6-4-2)21-41-30-27(36)28(43-44(38,39)40)26(35)25(20-32)42-30/h8,10,13,15-16,18,22-28,30,32-36H,3-7,9,11-12,14,17,19-21H2,1-2H3,(H,31,37)(H,38,39,40)/b10-8+,15-13-,18-16+. The van der Waals surface area contributed by atoms with Gasteiger partial charge in [-0.3, -0.25) is 9.35 Å². The fraction of sp³-hybridized carbons (Fsp3) is 0.767. The van der Waals surface area contributed by atoms with Crippen LogP contribution < -0.4 is 5.32 Å². The summed E-state index contributed by atoms with van der Waals surface area (Å²) in [5.41, 5.74) is 0. The van der Waals surface area contributed by atoms with Gasteiger partial charge in [0.25, 0.3) is 0 Å². The third-order valence-electron chi connectivity index (χ3n) is 6.99. The first-order chi connectivity index (χ1) is 20.9. The van der Waals surface area contributed by atoms with Gasteiger partial charge in [0.2, 0.25) is 5.91 Å². The lowest BCUT2D eigenvalue weighted by Gasteiger charge is -2.41. The number of aliphatic hydroxyl groups is 5. The molecule has 13 nitrogen and oxygen atoms in total. The van der Waals surface area contributed by atoms with Crippen LogP contribution >= 0.6 is 0 Å². The van der Waals surface area contributed by atoms with Crippen molar-refractivity contribution in [1.82, 2.24) is 5.32 Å². The van der Waals surface area contributed by atoms with E-state index in [4.69, 9.17) is 14.0 Å². The lowest BCUT2D eigenvalue weighted by Crippen LogP contribution is -2.61. The monoisotopic (exact) mass is 651 g/mol. The van der Waals surface area contributed by atoms with Crippen LogP contribution in [-0.2, 0) is 28.9 Å². The van der Waals surface area contributed by atoms with Gasteiger partial charge < -0.3 is 40.3 Å². The zero-order chi connectivity index (χ0) is 33.0. The maximum absolute atomic E-state index is 12.8. The van der Waals surface area contributed by atoms with Crippen LogP contribution in [-0.4, -0.2) is 107 Å². The minimum Gasteiger partial charge on any atom is -0.394 e. The quantitative estimate of drug-likeness (QED) is 0.0479. The van der Waals surface area contributed by atoms with Crippen LogP contribution in [0.2, 0.25) is 0 Å². The Balaban J connectivity index is 2.89. The molecule has 8 atom stereocenters. The largest absolute Gasteiger partial charge is 0.397 e. The molecule has 1 saturated heterocycles. The van der Waals surface area contributed by atoms with Gasteiger partial charge in [0.05, 0.1) is 25.4 Å². The predicted molar refractivity (Wildman–Crippen MR) is 164 cm³/mol. The summed E-state index contributed by atoms with van der Waals surface area (Å²) in [5, 5.41) is 54.1. The van der Waals surface area contributed by atoms with Gasteiger partial charge in [-0.05, 0) is 44.9 Å². The Bertz CT molecular complexity index is 973. The van der Waals surface area contributed by atoms with E-state index in [2.05, 4.69) is 29.4 Å². The summed E-state index contributed by atoms with van der Waals surface area (Å²) in [6, 6.07) is -1.14. The molecule has 0 saturated carbocycles. The second-order valence-electron chi connectivity index (χ2n) is 10.8. The second-order valence-corrected chi connectivity index (χ2v) is 11.9. The van der Waals surface area contributed by atoms with Crippen molar-refractivity contribution in [3.63, 3.8) is 0 Å². The van der Waals surface area contributed by atoms with E-state index in [9.17, 15) is 38.7 Å². The maximum Gasteiger partial charge on any atom is 0.397 e. The van der Waals surface area contributed by atoms with E-state index in [1.165, 1.54) is 12.5 Å². The van der Waals surface area contributed by atoms with E-state index in [1.54, 1.807) is 6.08 Å². The molecule has 1 rings (SSSR count). The highest BCUT2D eigenvalue weighted by Crippen LogP contribution is 2.25. The molecule has 14 heteroatoms. The van der Waals surface area contributed by atoms with Gasteiger partial charge in [-0.1, -0.05) is 76.0 Å². The highest BCUT2D eigenvalue weighted by molar-refractivity contribution is 7.80. The molecular weight excluding hydrogens is 598 g/mol. The molecule has 1 aliphatic heterocycles. The third kappa shape index (κ3) is 16.5. The highest BCUT2D eigenvalue weighted by Gasteiger charge is 2.48. The third-order valence-corrected chi connectivity index (χ3v) is 7.46. The molecule has 0 aliphatic carbocycles. The number of hydrogen-bond donors (Lipinski definition) is 7. The molecule has 1 fully saturated rings. The number of allylic oxidation sites excluding steroid dienone is 5. The van der Waals surface area contributed by atoms with Crippen LogP contribution in [0.15, 0.2) is 36.5 Å². The Morgan fingerprint density at radius 2 is 1.57 bits per heavy atom. The van der Waals surface area contributed by atoms with E-state index in [0.29, 0.717) is 12.8 Å². The van der Waals surface area contributed by atoms with Crippen molar-refractivity contribution in [2.24, 2.45) is 0 Å². The van der Waals surface area contributed by atoms with Crippen molar-refractivity contribution in [3.05, 3.63) is 36.5 Å². The Kier molecular flexibility index (Phi) is 20.8. The molecule has 0 spiro atoms. The summed E-state index contributed by atoms with van der Waals surface area (Å²) in [6.07, 6.45) is 9.14. The summed E-state index contributed by atoms with van der Waals surface area (Å²) in [4.78, 5) is 12.8. The van der Waals surface area contributed by atoms with Crippen molar-refractivity contribution in [2.45, 2.75) is 133 Å². The average molecular weight is 652 g/mol. The topological polar surface area (TPSA) is 212 Å². The number of hydrogen-bond acceptors (Lipinski definition) is 11. The summed E-state index contributed by atoms with van der Waals surface area (Å²) >= 11 is 0. The van der Waals surface area contributed by atoms with Crippen LogP contribution in [0.4, 0.5) is 0 Å². The first-order valence-corrected chi connectivity index (χ1v) is 16.8. The number of nitrogens with one attached hydrogen (secondary N) is 1. The van der Waals surface area contributed by atoms with Crippen LogP contribution in [0.3, 0.4) is 0 Å². The zero-order valence-corrected chi connectivity index (χ0v) is 26.6. The maximum atomic E-state index is 12.8. The summed E-state index contributed by atoms with van der Waals surface area (Å²) in [6.45, 7) is 2.92. The van der Waals surface area contributed by atoms with Gasteiger partial charge in [-0.2, -0.15) is 8.42 Å². The van der Waals surface area contributed by atoms with Crippen LogP contribution in [0.25, 0.3) is 0 Å². The van der Waals surface area contributed by atoms with Crippen molar-refractivity contribution >= 4 is 16.3 Å². The SMILES string of the molecule is CCC/C=C/CC/C=C/C(O)C(COC1OC(CO)C(O)C(OS(=O)(=O)O)C1O)NC(=O)C(O)CC/C=C\CCCCCC.